The Hall–Kier alpha value is -2.71. The fourth-order valence-corrected chi connectivity index (χ4v) is 3.68. The van der Waals surface area contributed by atoms with Gasteiger partial charge in [0.25, 0.3) is 0 Å². The number of hydrogen-bond acceptors (Lipinski definition) is 8. The van der Waals surface area contributed by atoms with Crippen molar-refractivity contribution in [2.24, 2.45) is 0 Å². The Morgan fingerprint density at radius 3 is 2.35 bits per heavy atom. The third-order valence-electron chi connectivity index (χ3n) is 4.98. The normalized spacial score (nSPS) is 21.1. The molecule has 0 aromatic heterocycles. The summed E-state index contributed by atoms with van der Waals surface area (Å²) in [7, 11) is 1.26. The van der Waals surface area contributed by atoms with E-state index in [0.29, 0.717) is 6.42 Å². The first-order chi connectivity index (χ1) is 16.0. The molecule has 1 aliphatic rings. The van der Waals surface area contributed by atoms with Gasteiger partial charge in [-0.25, -0.2) is 0 Å². The zero-order valence-corrected chi connectivity index (χ0v) is 20.8. The molecule has 0 fully saturated rings. The Kier molecular flexibility index (Phi) is 12.5. The number of Topliss-reactive ketones (excluding diaryl/α,β-unsaturated/α-hetero) is 1. The van der Waals surface area contributed by atoms with Gasteiger partial charge in [0.15, 0.2) is 6.10 Å². The SMILES string of the molecule is CC/C=C\C/C=C\C[C@@]1(O)C=C(Cl)C(=O)C1=C[C@H](OC(C)=O)[C@H](CCCC(=O)OC)OC(C)=O. The van der Waals surface area contributed by atoms with Gasteiger partial charge >= 0.3 is 17.9 Å². The van der Waals surface area contributed by atoms with E-state index in [9.17, 15) is 24.3 Å². The van der Waals surface area contributed by atoms with Crippen molar-refractivity contribution >= 4 is 35.3 Å². The lowest BCUT2D eigenvalue weighted by Gasteiger charge is -2.27. The molecule has 1 rings (SSSR count). The molecule has 0 aliphatic heterocycles. The highest BCUT2D eigenvalue weighted by molar-refractivity contribution is 6.46. The highest BCUT2D eigenvalue weighted by Gasteiger charge is 2.42. The van der Waals surface area contributed by atoms with Crippen LogP contribution in [0, 0.1) is 0 Å². The fourth-order valence-electron chi connectivity index (χ4n) is 3.39. The van der Waals surface area contributed by atoms with Crippen LogP contribution >= 0.6 is 11.6 Å². The predicted octanol–water partition coefficient (Wildman–Crippen LogP) is 3.86. The van der Waals surface area contributed by atoms with Crippen LogP contribution in [-0.2, 0) is 33.4 Å². The molecule has 1 aliphatic carbocycles. The standard InChI is InChI=1S/C25H33ClO8/c1-5-6-7-8-9-10-14-25(31)16-20(26)24(30)19(25)15-22(34-18(3)28)21(33-17(2)27)12-11-13-23(29)32-4/h6-7,9-10,15-16,21-22,31H,5,8,11-14H2,1-4H3/b7-6-,10-9-,19-15?/t21-,22-,25+/m0/s1. The lowest BCUT2D eigenvalue weighted by atomic mass is 9.90. The molecule has 8 nitrogen and oxygen atoms in total. The number of aliphatic hydroxyl groups is 1. The van der Waals surface area contributed by atoms with Gasteiger partial charge < -0.3 is 19.3 Å². The molecule has 188 valence electrons. The molecule has 1 N–H and O–H groups in total. The molecule has 0 aromatic carbocycles. The second-order valence-electron chi connectivity index (χ2n) is 7.81. The summed E-state index contributed by atoms with van der Waals surface area (Å²) in [6.45, 7) is 4.39. The van der Waals surface area contributed by atoms with E-state index in [-0.39, 0.29) is 36.3 Å². The quantitative estimate of drug-likeness (QED) is 0.177. The maximum atomic E-state index is 12.7. The average Bonchev–Trinajstić information content (AvgIpc) is 2.97. The van der Waals surface area contributed by atoms with Gasteiger partial charge in [0.05, 0.1) is 12.1 Å². The van der Waals surface area contributed by atoms with Crippen LogP contribution in [-0.4, -0.2) is 53.7 Å². The van der Waals surface area contributed by atoms with Gasteiger partial charge in [-0.1, -0.05) is 42.8 Å². The summed E-state index contributed by atoms with van der Waals surface area (Å²) < 4.78 is 15.3. The first-order valence-corrected chi connectivity index (χ1v) is 11.5. The van der Waals surface area contributed by atoms with E-state index >= 15 is 0 Å². The highest BCUT2D eigenvalue weighted by Crippen LogP contribution is 2.37. The van der Waals surface area contributed by atoms with Crippen molar-refractivity contribution in [2.75, 3.05) is 7.11 Å². The number of allylic oxidation sites excluding steroid dienone is 4. The Bertz CT molecular complexity index is 870. The van der Waals surface area contributed by atoms with Crippen molar-refractivity contribution in [2.45, 2.75) is 77.1 Å². The van der Waals surface area contributed by atoms with Crippen LogP contribution in [0.5, 0.6) is 0 Å². The van der Waals surface area contributed by atoms with Crippen molar-refractivity contribution in [3.8, 4) is 0 Å². The number of halogens is 1. The number of carbonyl (C=O) groups is 4. The van der Waals surface area contributed by atoms with Crippen LogP contribution in [0.3, 0.4) is 0 Å². The van der Waals surface area contributed by atoms with Crippen LogP contribution in [0.1, 0.15) is 59.3 Å². The lowest BCUT2D eigenvalue weighted by molar-refractivity contribution is -0.162. The molecule has 0 heterocycles. The van der Waals surface area contributed by atoms with Crippen molar-refractivity contribution in [1.82, 2.24) is 0 Å². The van der Waals surface area contributed by atoms with Gasteiger partial charge in [0, 0.05) is 32.3 Å². The summed E-state index contributed by atoms with van der Waals surface area (Å²) in [5.41, 5.74) is -1.80. The molecule has 34 heavy (non-hydrogen) atoms. The molecule has 0 radical (unpaired) electrons. The number of esters is 3. The first kappa shape index (κ1) is 29.3. The van der Waals surface area contributed by atoms with Crippen molar-refractivity contribution in [3.05, 3.63) is 47.1 Å². The number of ketones is 1. The minimum Gasteiger partial charge on any atom is -0.469 e. The molecular formula is C25H33ClO8. The molecule has 0 unspecified atom stereocenters. The van der Waals surface area contributed by atoms with Gasteiger partial charge in [-0.2, -0.15) is 0 Å². The third kappa shape index (κ3) is 9.65. The van der Waals surface area contributed by atoms with E-state index < -0.39 is 41.5 Å². The smallest absolute Gasteiger partial charge is 0.305 e. The molecule has 0 amide bonds. The van der Waals surface area contributed by atoms with E-state index in [1.165, 1.54) is 33.1 Å². The van der Waals surface area contributed by atoms with Gasteiger partial charge in [-0.05, 0) is 37.8 Å². The number of hydrogen-bond donors (Lipinski definition) is 1. The fraction of sp³-hybridized carbons (Fsp3) is 0.520. The zero-order valence-electron chi connectivity index (χ0n) is 20.0. The Morgan fingerprint density at radius 2 is 1.76 bits per heavy atom. The minimum atomic E-state index is -1.72. The van der Waals surface area contributed by atoms with E-state index in [1.807, 2.05) is 25.2 Å². The zero-order chi connectivity index (χ0) is 25.7. The Labute approximate surface area is 205 Å². The van der Waals surface area contributed by atoms with E-state index in [0.717, 1.165) is 6.42 Å². The van der Waals surface area contributed by atoms with Gasteiger partial charge in [-0.15, -0.1) is 0 Å². The van der Waals surface area contributed by atoms with Gasteiger partial charge in [0.1, 0.15) is 11.7 Å². The second kappa shape index (κ2) is 14.5. The third-order valence-corrected chi connectivity index (χ3v) is 5.26. The van der Waals surface area contributed by atoms with E-state index in [2.05, 4.69) is 4.74 Å². The summed E-state index contributed by atoms with van der Waals surface area (Å²) in [5, 5.41) is 11.0. The molecular weight excluding hydrogens is 464 g/mol. The second-order valence-corrected chi connectivity index (χ2v) is 8.21. The minimum absolute atomic E-state index is 0.0607. The van der Waals surface area contributed by atoms with Crippen LogP contribution in [0.25, 0.3) is 0 Å². The summed E-state index contributed by atoms with van der Waals surface area (Å²) in [6, 6.07) is 0. The predicted molar refractivity (Wildman–Crippen MR) is 127 cm³/mol. The molecule has 0 aromatic rings. The Morgan fingerprint density at radius 1 is 1.12 bits per heavy atom. The summed E-state index contributed by atoms with van der Waals surface area (Å²) in [4.78, 5) is 47.7. The molecule has 0 saturated heterocycles. The van der Waals surface area contributed by atoms with Gasteiger partial charge in [-0.3, -0.25) is 19.2 Å². The monoisotopic (exact) mass is 496 g/mol. The molecule has 0 saturated carbocycles. The highest BCUT2D eigenvalue weighted by atomic mass is 35.5. The molecule has 0 bridgehead atoms. The molecule has 0 spiro atoms. The molecule has 9 heteroatoms. The van der Waals surface area contributed by atoms with E-state index in [1.54, 1.807) is 6.08 Å². The van der Waals surface area contributed by atoms with Crippen LogP contribution in [0.15, 0.2) is 47.1 Å². The average molecular weight is 497 g/mol. The van der Waals surface area contributed by atoms with Crippen LogP contribution in [0.2, 0.25) is 0 Å². The Balaban J connectivity index is 3.23. The topological polar surface area (TPSA) is 116 Å². The first-order valence-electron chi connectivity index (χ1n) is 11.1. The number of methoxy groups -OCH3 is 1. The van der Waals surface area contributed by atoms with Crippen LogP contribution in [0.4, 0.5) is 0 Å². The van der Waals surface area contributed by atoms with Crippen LogP contribution < -0.4 is 0 Å². The summed E-state index contributed by atoms with van der Waals surface area (Å²) in [6.07, 6.45) is 10.0. The summed E-state index contributed by atoms with van der Waals surface area (Å²) in [5.74, 6) is -2.37. The number of carbonyl (C=O) groups excluding carboxylic acids is 4. The van der Waals surface area contributed by atoms with Crippen molar-refractivity contribution < 1.29 is 38.5 Å². The lowest BCUT2D eigenvalue weighted by Crippen LogP contribution is -2.36. The summed E-state index contributed by atoms with van der Waals surface area (Å²) >= 11 is 6.04. The molecule has 3 atom stereocenters. The van der Waals surface area contributed by atoms with Crippen molar-refractivity contribution in [1.29, 1.82) is 0 Å². The van der Waals surface area contributed by atoms with Gasteiger partial charge in [0.2, 0.25) is 5.78 Å². The number of rotatable bonds is 13. The van der Waals surface area contributed by atoms with E-state index in [4.69, 9.17) is 21.1 Å². The van der Waals surface area contributed by atoms with Crippen molar-refractivity contribution in [3.63, 3.8) is 0 Å². The maximum Gasteiger partial charge on any atom is 0.305 e. The maximum absolute atomic E-state index is 12.7. The largest absolute Gasteiger partial charge is 0.469 e. The number of ether oxygens (including phenoxy) is 3.